The van der Waals surface area contributed by atoms with E-state index in [0.29, 0.717) is 56.8 Å². The predicted octanol–water partition coefficient (Wildman–Crippen LogP) is 2.04. The zero-order valence-corrected chi connectivity index (χ0v) is 57.9. The first-order valence-corrected chi connectivity index (χ1v) is 33.5. The Balaban J connectivity index is 0.00000278. The average molecular weight is 1410 g/mol. The molecule has 8 bridgehead atoms. The molecule has 95 heavy (non-hydrogen) atoms. The number of ether oxygens (including phenoxy) is 1. The van der Waals surface area contributed by atoms with Crippen LogP contribution in [0.2, 0.25) is 0 Å². The van der Waals surface area contributed by atoms with Crippen LogP contribution in [0.5, 0.6) is 0 Å². The van der Waals surface area contributed by atoms with Crippen molar-refractivity contribution in [3.8, 4) is 0 Å². The Labute approximate surface area is 564 Å². The number of nitrogens with one attached hydrogen (secondary N) is 1. The number of fused-ring (bicyclic) bond motifs is 6. The van der Waals surface area contributed by atoms with Gasteiger partial charge in [0.15, 0.2) is 6.23 Å². The fourth-order valence-electron chi connectivity index (χ4n) is 15.3. The molecule has 1 aromatic carbocycles. The number of benzene rings is 1. The molecule has 2 aromatic rings. The number of aliphatic hydroxyl groups excluding tert-OH is 2. The van der Waals surface area contributed by atoms with Gasteiger partial charge in [0.2, 0.25) is 41.4 Å². The zero-order valence-electron chi connectivity index (χ0n) is 55.2. The fraction of sp³-hybridized carbons (Fsp3) is 0.629. The van der Waals surface area contributed by atoms with E-state index < -0.39 is 155 Å². The van der Waals surface area contributed by atoms with E-state index in [0.717, 1.165) is 11.1 Å². The van der Waals surface area contributed by atoms with E-state index in [1.807, 2.05) is 80.5 Å². The SMILES string of the molecule is CC1=C2N=C(C=C3N=C([C-](C)C4=NC(C)(C5N=C1C(C)(CCC(=O)NCC(C)OP(=O)([O-])OC1C(CO)OC(n6cnc7cc(C)c(C)cc76)C1O)C5CC(N)=O)C(C)(CC(N)=O)C4CCC(N)=O)C(C)(CC(N)=O)C3CCC(N)=O)C(C)(C)C2CCC(N)=O.O=S([O-])O.[Co+3]. The summed E-state index contributed by atoms with van der Waals surface area (Å²) in [6.07, 6.45) is -4.79. The van der Waals surface area contributed by atoms with E-state index in [1.165, 1.54) is 17.8 Å². The first-order valence-electron chi connectivity index (χ1n) is 31.0. The van der Waals surface area contributed by atoms with Crippen LogP contribution in [0.4, 0.5) is 0 Å². The molecule has 1 aromatic heterocycles. The summed E-state index contributed by atoms with van der Waals surface area (Å²) in [5.41, 5.74) is 36.2. The molecule has 7 heterocycles. The van der Waals surface area contributed by atoms with Gasteiger partial charge in [-0.15, -0.1) is 11.4 Å². The molecule has 30 nitrogen and oxygen atoms in total. The Morgan fingerprint density at radius 1 is 0.842 bits per heavy atom. The molecule has 524 valence electrons. The maximum absolute atomic E-state index is 14.4. The monoisotopic (exact) mass is 1410 g/mol. The molecule has 33 heteroatoms. The number of allylic oxidation sites excluding steroid dienone is 4. The predicted molar refractivity (Wildman–Crippen MR) is 343 cm³/mol. The van der Waals surface area contributed by atoms with Crippen LogP contribution in [0.15, 0.2) is 61.5 Å². The molecule has 7 amide bonds. The van der Waals surface area contributed by atoms with E-state index in [9.17, 15) is 53.2 Å². The van der Waals surface area contributed by atoms with Crippen LogP contribution in [0.25, 0.3) is 11.0 Å². The van der Waals surface area contributed by atoms with Gasteiger partial charge in [-0.3, -0.25) is 59.0 Å². The number of rotatable bonds is 26. The zero-order chi connectivity index (χ0) is 70.3. The smallest absolute Gasteiger partial charge is 0.756 e. The molecule has 6 aliphatic rings. The number of hydrogen-bond donors (Lipinski definition) is 10. The molecule has 1 saturated heterocycles. The van der Waals surface area contributed by atoms with Gasteiger partial charge in [-0.05, 0) is 107 Å². The standard InChI is InChI=1S/C62H89N13O14P.Co.H2O3S/c1-29-20-39-40(21-30(29)2)75(28-70-39)57-52(84)53(41(27-76)87-57)89-90(85,86)88-31(3)26-69-49(83)18-19-59(8)37(22-46(66)80)56-62(11)61(10,25-48(68)82)36(14-17-45(65)79)51(74-62)33(5)55-60(9,24-47(67)81)34(12-15-43(63)77)38(71-55)23-42-58(6,7)35(13-16-44(64)78)50(72-42)32(4)54(59)73-56;;1-4(2)3/h20-21,23,28,31,34-37,41,52-53,56-57,76,84H,12-19,22,24-27H2,1-11H3,(H2,63,77)(H2,64,78)(H2,65,79)(H2,66,80)(H2,67,81)(H2,68,82)(H,69,83)(H,85,86);;(H2,1,2,3)/q-1;+3;/p-2. The molecular formula is C62H89CoN13O17PS. The average Bonchev–Trinajstić information content (AvgIpc) is 1.53. The first-order chi connectivity index (χ1) is 43.6. The number of phosphoric ester groups is 1. The number of aromatic nitrogens is 2. The molecule has 6 aliphatic heterocycles. The van der Waals surface area contributed by atoms with Crippen molar-refractivity contribution in [1.82, 2.24) is 14.9 Å². The largest absolute Gasteiger partial charge is 3.00 e. The van der Waals surface area contributed by atoms with Gasteiger partial charge in [0.05, 0.1) is 53.0 Å². The van der Waals surface area contributed by atoms with Crippen molar-refractivity contribution in [1.29, 1.82) is 0 Å². The van der Waals surface area contributed by atoms with Gasteiger partial charge >= 0.3 is 16.8 Å². The van der Waals surface area contributed by atoms with Crippen molar-refractivity contribution in [2.24, 2.45) is 99.7 Å². The molecule has 0 aliphatic carbocycles. The van der Waals surface area contributed by atoms with Gasteiger partial charge in [0, 0.05) is 108 Å². The molecule has 0 radical (unpaired) electrons. The molecule has 0 saturated carbocycles. The van der Waals surface area contributed by atoms with Gasteiger partial charge in [0.25, 0.3) is 7.82 Å². The summed E-state index contributed by atoms with van der Waals surface area (Å²) in [5, 5.41) is 24.5. The third-order valence-electron chi connectivity index (χ3n) is 20.5. The minimum atomic E-state index is -5.32. The van der Waals surface area contributed by atoms with E-state index in [4.69, 9.17) is 81.5 Å². The van der Waals surface area contributed by atoms with Crippen LogP contribution in [-0.2, 0) is 80.1 Å². The van der Waals surface area contributed by atoms with Crippen LogP contribution in [-0.4, -0.2) is 146 Å². The Kier molecular flexibility index (Phi) is 24.3. The Hall–Kier alpha value is -6.42. The minimum Gasteiger partial charge on any atom is -0.756 e. The summed E-state index contributed by atoms with van der Waals surface area (Å²) in [6, 6.07) is 2.65. The van der Waals surface area contributed by atoms with Crippen molar-refractivity contribution in [3.63, 3.8) is 0 Å². The van der Waals surface area contributed by atoms with E-state index in [1.54, 1.807) is 6.92 Å². The number of nitrogens with two attached hydrogens (primary N) is 6. The van der Waals surface area contributed by atoms with Crippen molar-refractivity contribution >= 4 is 94.4 Å². The molecule has 16 unspecified atom stereocenters. The second-order valence-electron chi connectivity index (χ2n) is 27.2. The van der Waals surface area contributed by atoms with E-state index in [2.05, 4.69) is 10.3 Å². The maximum Gasteiger partial charge on any atom is 3.00 e. The summed E-state index contributed by atoms with van der Waals surface area (Å²) >= 11 is -2.86. The van der Waals surface area contributed by atoms with Crippen LogP contribution in [0, 0.1) is 65.1 Å². The second kappa shape index (κ2) is 29.7. The van der Waals surface area contributed by atoms with E-state index in [-0.39, 0.29) is 94.0 Å². The molecule has 1 fully saturated rings. The Morgan fingerprint density at radius 3 is 1.97 bits per heavy atom. The van der Waals surface area contributed by atoms with Gasteiger partial charge in [-0.2, -0.15) is 6.92 Å². The number of aliphatic imine (C=N–C) groups is 4. The van der Waals surface area contributed by atoms with Gasteiger partial charge in [-0.25, -0.2) is 9.19 Å². The summed E-state index contributed by atoms with van der Waals surface area (Å²) in [5.74, 6) is -6.93. The Bertz CT molecular complexity index is 3650. The van der Waals surface area contributed by atoms with Crippen molar-refractivity contribution in [3.05, 3.63) is 58.5 Å². The van der Waals surface area contributed by atoms with Gasteiger partial charge in [0.1, 0.15) is 18.3 Å². The number of phosphoric acid groups is 1. The van der Waals surface area contributed by atoms with Crippen LogP contribution in [0.3, 0.4) is 0 Å². The first kappa shape index (κ1) is 77.6. The fourth-order valence-corrected chi connectivity index (χ4v) is 16.4. The molecule has 8 rings (SSSR count). The topological polar surface area (TPSA) is 524 Å². The number of amides is 7. The number of primary amides is 6. The summed E-state index contributed by atoms with van der Waals surface area (Å²) < 4.78 is 56.0. The van der Waals surface area contributed by atoms with Crippen LogP contribution in [0.1, 0.15) is 150 Å². The molecular weight excluding hydrogens is 1320 g/mol. The number of aliphatic hydroxyl groups is 2. The van der Waals surface area contributed by atoms with Crippen LogP contribution >= 0.6 is 7.82 Å². The molecule has 16 atom stereocenters. The number of carbonyl (C=O) groups is 7. The third kappa shape index (κ3) is 15.9. The summed E-state index contributed by atoms with van der Waals surface area (Å²) in [6.45, 7) is 19.0. The van der Waals surface area contributed by atoms with Gasteiger partial charge in [-0.1, -0.05) is 34.6 Å². The van der Waals surface area contributed by atoms with Crippen molar-refractivity contribution < 1.29 is 97.1 Å². The minimum absolute atomic E-state index is 0. The normalized spacial score (nSPS) is 31.0. The summed E-state index contributed by atoms with van der Waals surface area (Å²) in [7, 11) is -5.32. The number of carbonyl (C=O) groups excluding carboxylic acids is 7. The number of nitrogens with zero attached hydrogens (tertiary/aromatic N) is 6. The third-order valence-corrected chi connectivity index (χ3v) is 21.6. The quantitative estimate of drug-likeness (QED) is 0.0366. The molecule has 16 N–H and O–H groups in total. The summed E-state index contributed by atoms with van der Waals surface area (Å²) in [4.78, 5) is 133. The van der Waals surface area contributed by atoms with Gasteiger partial charge < -0.3 is 87.3 Å². The van der Waals surface area contributed by atoms with Crippen molar-refractivity contribution in [2.75, 3.05) is 13.2 Å². The second-order valence-corrected chi connectivity index (χ2v) is 29.0. The van der Waals surface area contributed by atoms with E-state index >= 15 is 0 Å². The number of aryl methyl sites for hydroxylation is 2. The van der Waals surface area contributed by atoms with Crippen LogP contribution < -0.4 is 44.6 Å². The Morgan fingerprint density at radius 2 is 1.41 bits per heavy atom. The molecule has 0 spiro atoms. The van der Waals surface area contributed by atoms with Crippen molar-refractivity contribution in [2.45, 2.75) is 189 Å². The number of imidazole rings is 1. The number of hydrogen-bond acceptors (Lipinski definition) is 21. The maximum atomic E-state index is 14.4.